The summed E-state index contributed by atoms with van der Waals surface area (Å²) in [5, 5.41) is 6.95. The molecule has 1 aromatic carbocycles. The number of nitrogens with one attached hydrogen (secondary N) is 1. The van der Waals surface area contributed by atoms with Crippen LogP contribution < -0.4 is 5.32 Å². The van der Waals surface area contributed by atoms with Gasteiger partial charge >= 0.3 is 5.97 Å². The number of ether oxygens (including phenoxy) is 1. The molecule has 25 heavy (non-hydrogen) atoms. The van der Waals surface area contributed by atoms with Gasteiger partial charge < -0.3 is 15.0 Å². The van der Waals surface area contributed by atoms with Crippen molar-refractivity contribution < 1.29 is 19.1 Å². The minimum Gasteiger partial charge on any atom is -0.465 e. The van der Waals surface area contributed by atoms with Crippen molar-refractivity contribution in [1.29, 1.82) is 0 Å². The van der Waals surface area contributed by atoms with Crippen molar-refractivity contribution in [3.05, 3.63) is 52.8 Å². The van der Waals surface area contributed by atoms with Gasteiger partial charge in [-0.25, -0.2) is 4.79 Å². The Hall–Kier alpha value is -3.16. The standard InChI is InChI=1S/C17H18N4O4/c1-20-7-8-21-14(16(20)23)9-13(19-21)15(22)18-10-11-3-5-12(6-4-11)17(24)25-2/h3-6,9H,7-8,10H2,1-2H3,(H,18,22). The zero-order valence-electron chi connectivity index (χ0n) is 14.0. The lowest BCUT2D eigenvalue weighted by Crippen LogP contribution is -2.37. The second kappa shape index (κ2) is 6.76. The van der Waals surface area contributed by atoms with Crippen molar-refractivity contribution in [2.24, 2.45) is 0 Å². The van der Waals surface area contributed by atoms with Gasteiger partial charge in [0.2, 0.25) is 0 Å². The third kappa shape index (κ3) is 3.37. The lowest BCUT2D eigenvalue weighted by molar-refractivity contribution is 0.0600. The molecule has 1 aliphatic rings. The molecule has 8 heteroatoms. The second-order valence-electron chi connectivity index (χ2n) is 5.74. The monoisotopic (exact) mass is 342 g/mol. The molecule has 0 saturated carbocycles. The summed E-state index contributed by atoms with van der Waals surface area (Å²) in [6.07, 6.45) is 0. The van der Waals surface area contributed by atoms with Gasteiger partial charge in [0.05, 0.1) is 19.2 Å². The summed E-state index contributed by atoms with van der Waals surface area (Å²) in [6, 6.07) is 8.26. The first-order valence-corrected chi connectivity index (χ1v) is 7.78. The van der Waals surface area contributed by atoms with Gasteiger partial charge in [-0.3, -0.25) is 14.3 Å². The maximum Gasteiger partial charge on any atom is 0.337 e. The fraction of sp³-hybridized carbons (Fsp3) is 0.294. The molecule has 3 rings (SSSR count). The summed E-state index contributed by atoms with van der Waals surface area (Å²) in [6.45, 7) is 1.43. The lowest BCUT2D eigenvalue weighted by atomic mass is 10.1. The van der Waals surface area contributed by atoms with Crippen molar-refractivity contribution in [3.8, 4) is 0 Å². The normalized spacial score (nSPS) is 13.4. The molecule has 1 aromatic heterocycles. The number of hydrogen-bond donors (Lipinski definition) is 1. The van der Waals surface area contributed by atoms with E-state index in [2.05, 4.69) is 15.2 Å². The van der Waals surface area contributed by atoms with Gasteiger partial charge in [0.15, 0.2) is 5.69 Å². The van der Waals surface area contributed by atoms with Crippen LogP contribution in [0, 0.1) is 0 Å². The van der Waals surface area contributed by atoms with E-state index in [0.717, 1.165) is 5.56 Å². The SMILES string of the molecule is COC(=O)c1ccc(CNC(=O)c2cc3n(n2)CCN(C)C3=O)cc1. The molecule has 1 aliphatic heterocycles. The van der Waals surface area contributed by atoms with Gasteiger partial charge in [-0.1, -0.05) is 12.1 Å². The molecular formula is C17H18N4O4. The van der Waals surface area contributed by atoms with Crippen LogP contribution in [0.25, 0.3) is 0 Å². The number of aromatic nitrogens is 2. The van der Waals surface area contributed by atoms with E-state index in [1.165, 1.54) is 13.2 Å². The number of likely N-dealkylation sites (N-methyl/N-ethyl adjacent to an activating group) is 1. The quantitative estimate of drug-likeness (QED) is 0.825. The molecule has 0 bridgehead atoms. The van der Waals surface area contributed by atoms with E-state index in [-0.39, 0.29) is 24.1 Å². The van der Waals surface area contributed by atoms with Crippen LogP contribution >= 0.6 is 0 Å². The van der Waals surface area contributed by atoms with Crippen LogP contribution in [-0.2, 0) is 17.8 Å². The van der Waals surface area contributed by atoms with Crippen molar-refractivity contribution >= 4 is 17.8 Å². The van der Waals surface area contributed by atoms with Crippen molar-refractivity contribution in [2.75, 3.05) is 20.7 Å². The first-order valence-electron chi connectivity index (χ1n) is 7.78. The largest absolute Gasteiger partial charge is 0.465 e. The van der Waals surface area contributed by atoms with E-state index in [1.807, 2.05) is 0 Å². The van der Waals surface area contributed by atoms with E-state index in [4.69, 9.17) is 0 Å². The third-order valence-electron chi connectivity index (χ3n) is 4.05. The molecule has 130 valence electrons. The number of amides is 2. The van der Waals surface area contributed by atoms with E-state index in [9.17, 15) is 14.4 Å². The summed E-state index contributed by atoms with van der Waals surface area (Å²) in [5.41, 5.74) is 1.91. The molecular weight excluding hydrogens is 324 g/mol. The molecule has 0 fully saturated rings. The first kappa shape index (κ1) is 16.7. The van der Waals surface area contributed by atoms with Crippen LogP contribution in [0.4, 0.5) is 0 Å². The number of rotatable bonds is 4. The summed E-state index contributed by atoms with van der Waals surface area (Å²) < 4.78 is 6.20. The number of fused-ring (bicyclic) bond motifs is 1. The Bertz CT molecular complexity index is 826. The predicted molar refractivity (Wildman–Crippen MR) is 88.1 cm³/mol. The molecule has 0 unspecified atom stereocenters. The number of methoxy groups -OCH3 is 1. The Kier molecular flexibility index (Phi) is 4.51. The zero-order chi connectivity index (χ0) is 18.0. The number of benzene rings is 1. The van der Waals surface area contributed by atoms with E-state index < -0.39 is 5.97 Å². The molecule has 0 saturated heterocycles. The highest BCUT2D eigenvalue weighted by molar-refractivity contribution is 5.98. The number of hydrogen-bond acceptors (Lipinski definition) is 5. The van der Waals surface area contributed by atoms with E-state index in [1.54, 1.807) is 40.9 Å². The maximum absolute atomic E-state index is 12.3. The molecule has 0 radical (unpaired) electrons. The topological polar surface area (TPSA) is 93.5 Å². The smallest absolute Gasteiger partial charge is 0.337 e. The number of nitrogens with zero attached hydrogens (tertiary/aromatic N) is 3. The Labute approximate surface area is 144 Å². The molecule has 0 atom stereocenters. The average Bonchev–Trinajstić information content (AvgIpc) is 3.08. The van der Waals surface area contributed by atoms with Crippen molar-refractivity contribution in [1.82, 2.24) is 20.0 Å². The summed E-state index contributed by atoms with van der Waals surface area (Å²) in [5.74, 6) is -0.903. The molecule has 2 amide bonds. The van der Waals surface area contributed by atoms with Crippen molar-refractivity contribution in [3.63, 3.8) is 0 Å². The highest BCUT2D eigenvalue weighted by Crippen LogP contribution is 2.13. The lowest BCUT2D eigenvalue weighted by Gasteiger charge is -2.22. The van der Waals surface area contributed by atoms with Gasteiger partial charge in [0.25, 0.3) is 11.8 Å². The van der Waals surface area contributed by atoms with Crippen LogP contribution in [0.3, 0.4) is 0 Å². The number of carbonyl (C=O) groups excluding carboxylic acids is 3. The van der Waals surface area contributed by atoms with Gasteiger partial charge in [0.1, 0.15) is 5.69 Å². The third-order valence-corrected chi connectivity index (χ3v) is 4.05. The Morgan fingerprint density at radius 1 is 1.24 bits per heavy atom. The van der Waals surface area contributed by atoms with Gasteiger partial charge in [-0.15, -0.1) is 0 Å². The predicted octanol–water partition coefficient (Wildman–Crippen LogP) is 0.685. The fourth-order valence-electron chi connectivity index (χ4n) is 2.56. The minimum absolute atomic E-state index is 0.142. The highest BCUT2D eigenvalue weighted by Gasteiger charge is 2.25. The summed E-state index contributed by atoms with van der Waals surface area (Å²) in [4.78, 5) is 37.3. The maximum atomic E-state index is 12.3. The number of carbonyl (C=O) groups is 3. The van der Waals surface area contributed by atoms with Crippen LogP contribution in [0.1, 0.15) is 36.9 Å². The molecule has 0 spiro atoms. The number of esters is 1. The molecule has 2 aromatic rings. The van der Waals surface area contributed by atoms with Crippen LogP contribution in [-0.4, -0.2) is 53.2 Å². The highest BCUT2D eigenvalue weighted by atomic mass is 16.5. The van der Waals surface area contributed by atoms with Crippen molar-refractivity contribution in [2.45, 2.75) is 13.1 Å². The van der Waals surface area contributed by atoms with E-state index in [0.29, 0.717) is 24.3 Å². The minimum atomic E-state index is -0.409. The molecule has 1 N–H and O–H groups in total. The molecule has 0 aliphatic carbocycles. The molecule has 2 heterocycles. The Morgan fingerprint density at radius 3 is 2.64 bits per heavy atom. The van der Waals surface area contributed by atoms with Gasteiger partial charge in [-0.05, 0) is 17.7 Å². The Balaban J connectivity index is 1.64. The van der Waals surface area contributed by atoms with Gasteiger partial charge in [0, 0.05) is 26.2 Å². The van der Waals surface area contributed by atoms with Crippen LogP contribution in [0.2, 0.25) is 0 Å². The van der Waals surface area contributed by atoms with Crippen LogP contribution in [0.15, 0.2) is 30.3 Å². The van der Waals surface area contributed by atoms with Gasteiger partial charge in [-0.2, -0.15) is 5.10 Å². The average molecular weight is 342 g/mol. The summed E-state index contributed by atoms with van der Waals surface area (Å²) >= 11 is 0. The Morgan fingerprint density at radius 2 is 1.96 bits per heavy atom. The molecule has 8 nitrogen and oxygen atoms in total. The fourth-order valence-corrected chi connectivity index (χ4v) is 2.56. The van der Waals surface area contributed by atoms with E-state index >= 15 is 0 Å². The second-order valence-corrected chi connectivity index (χ2v) is 5.74. The summed E-state index contributed by atoms with van der Waals surface area (Å²) in [7, 11) is 3.04. The van der Waals surface area contributed by atoms with Crippen LogP contribution in [0.5, 0.6) is 0 Å². The first-order chi connectivity index (χ1) is 12.0. The zero-order valence-corrected chi connectivity index (χ0v) is 14.0.